The summed E-state index contributed by atoms with van der Waals surface area (Å²) in [5, 5.41) is 15.1. The van der Waals surface area contributed by atoms with Crippen LogP contribution in [0, 0.1) is 0 Å². The lowest BCUT2D eigenvalue weighted by Crippen LogP contribution is -2.45. The SMILES string of the molecule is CC(NC(=O)C(C)N1CC[C@@H](O)C1)c1ccc2ccccc2c1. The van der Waals surface area contributed by atoms with Gasteiger partial charge in [0.2, 0.25) is 5.91 Å². The molecule has 1 amide bonds. The van der Waals surface area contributed by atoms with Gasteiger partial charge >= 0.3 is 0 Å². The molecule has 2 aromatic carbocycles. The Morgan fingerprint density at radius 3 is 2.65 bits per heavy atom. The molecule has 0 aliphatic carbocycles. The van der Waals surface area contributed by atoms with Crippen molar-refractivity contribution in [1.82, 2.24) is 10.2 Å². The van der Waals surface area contributed by atoms with Gasteiger partial charge in [-0.1, -0.05) is 36.4 Å². The van der Waals surface area contributed by atoms with Crippen molar-refractivity contribution in [2.45, 2.75) is 38.5 Å². The van der Waals surface area contributed by atoms with Crippen LogP contribution in [0.1, 0.15) is 31.9 Å². The Hall–Kier alpha value is -1.91. The molecule has 1 aliphatic rings. The van der Waals surface area contributed by atoms with Crippen molar-refractivity contribution in [3.8, 4) is 0 Å². The van der Waals surface area contributed by atoms with Crippen molar-refractivity contribution in [1.29, 1.82) is 0 Å². The predicted molar refractivity (Wildman–Crippen MR) is 92.2 cm³/mol. The van der Waals surface area contributed by atoms with Crippen LogP contribution in [0.3, 0.4) is 0 Å². The number of rotatable bonds is 4. The Morgan fingerprint density at radius 1 is 1.22 bits per heavy atom. The van der Waals surface area contributed by atoms with Crippen molar-refractivity contribution < 1.29 is 9.90 Å². The van der Waals surface area contributed by atoms with E-state index in [2.05, 4.69) is 35.6 Å². The highest BCUT2D eigenvalue weighted by Gasteiger charge is 2.29. The molecule has 1 heterocycles. The summed E-state index contributed by atoms with van der Waals surface area (Å²) in [5.74, 6) is 0.0137. The zero-order valence-electron chi connectivity index (χ0n) is 13.7. The molecular weight excluding hydrogens is 288 g/mol. The Balaban J connectivity index is 1.67. The Kier molecular flexibility index (Phi) is 4.64. The number of carbonyl (C=O) groups excluding carboxylic acids is 1. The van der Waals surface area contributed by atoms with Crippen LogP contribution in [0.15, 0.2) is 42.5 Å². The number of β-amino-alcohol motifs (C(OH)–C–C–N with tert-alkyl or cyclic N) is 1. The summed E-state index contributed by atoms with van der Waals surface area (Å²) in [7, 11) is 0. The summed E-state index contributed by atoms with van der Waals surface area (Å²) >= 11 is 0. The number of hydrogen-bond acceptors (Lipinski definition) is 3. The van der Waals surface area contributed by atoms with Crippen LogP contribution in [0.25, 0.3) is 10.8 Å². The zero-order valence-corrected chi connectivity index (χ0v) is 13.7. The van der Waals surface area contributed by atoms with E-state index in [0.29, 0.717) is 6.54 Å². The molecule has 2 unspecified atom stereocenters. The standard InChI is InChI=1S/C19H24N2O2/c1-13(16-8-7-15-5-3-4-6-17(15)11-16)20-19(23)14(2)21-10-9-18(22)12-21/h3-8,11,13-14,18,22H,9-10,12H2,1-2H3,(H,20,23)/t13?,14?,18-/m1/s1. The van der Waals surface area contributed by atoms with Crippen molar-refractivity contribution in [3.63, 3.8) is 0 Å². The second-order valence-corrected chi connectivity index (χ2v) is 6.45. The van der Waals surface area contributed by atoms with Crippen molar-refractivity contribution >= 4 is 16.7 Å². The van der Waals surface area contributed by atoms with Crippen LogP contribution in [0.2, 0.25) is 0 Å². The molecule has 122 valence electrons. The number of benzene rings is 2. The summed E-state index contributed by atoms with van der Waals surface area (Å²) in [4.78, 5) is 14.5. The molecule has 1 fully saturated rings. The van der Waals surface area contributed by atoms with E-state index in [0.717, 1.165) is 18.5 Å². The first kappa shape index (κ1) is 16.0. The van der Waals surface area contributed by atoms with Gasteiger partial charge in [-0.3, -0.25) is 9.69 Å². The first-order valence-corrected chi connectivity index (χ1v) is 8.26. The number of fused-ring (bicyclic) bond motifs is 1. The van der Waals surface area contributed by atoms with Crippen LogP contribution in [0.5, 0.6) is 0 Å². The molecule has 1 aliphatic heterocycles. The van der Waals surface area contributed by atoms with Gasteiger partial charge in [-0.2, -0.15) is 0 Å². The van der Waals surface area contributed by atoms with Crippen molar-refractivity contribution in [2.24, 2.45) is 0 Å². The fourth-order valence-corrected chi connectivity index (χ4v) is 3.18. The van der Waals surface area contributed by atoms with E-state index in [9.17, 15) is 9.90 Å². The average Bonchev–Trinajstić information content (AvgIpc) is 3.00. The quantitative estimate of drug-likeness (QED) is 0.912. The van der Waals surface area contributed by atoms with Crippen molar-refractivity contribution in [2.75, 3.05) is 13.1 Å². The van der Waals surface area contributed by atoms with E-state index in [1.54, 1.807) is 0 Å². The fraction of sp³-hybridized carbons (Fsp3) is 0.421. The molecule has 0 spiro atoms. The van der Waals surface area contributed by atoms with Gasteiger partial charge in [0.15, 0.2) is 0 Å². The highest BCUT2D eigenvalue weighted by Crippen LogP contribution is 2.21. The molecule has 0 aromatic heterocycles. The molecule has 0 bridgehead atoms. The minimum absolute atomic E-state index is 0.0137. The second-order valence-electron chi connectivity index (χ2n) is 6.45. The van der Waals surface area contributed by atoms with Gasteiger partial charge in [0.25, 0.3) is 0 Å². The zero-order chi connectivity index (χ0) is 16.4. The highest BCUT2D eigenvalue weighted by molar-refractivity contribution is 5.84. The first-order valence-electron chi connectivity index (χ1n) is 8.26. The van der Waals surface area contributed by atoms with Gasteiger partial charge in [-0.05, 0) is 42.7 Å². The molecule has 3 rings (SSSR count). The van der Waals surface area contributed by atoms with E-state index >= 15 is 0 Å². The smallest absolute Gasteiger partial charge is 0.237 e. The van der Waals surface area contributed by atoms with Gasteiger partial charge in [0.05, 0.1) is 18.2 Å². The van der Waals surface area contributed by atoms with Crippen molar-refractivity contribution in [3.05, 3.63) is 48.0 Å². The van der Waals surface area contributed by atoms with E-state index in [4.69, 9.17) is 0 Å². The molecule has 23 heavy (non-hydrogen) atoms. The number of amides is 1. The molecule has 2 aromatic rings. The third-order valence-electron chi connectivity index (χ3n) is 4.75. The summed E-state index contributed by atoms with van der Waals surface area (Å²) < 4.78 is 0. The predicted octanol–water partition coefficient (Wildman–Crippen LogP) is 2.47. The summed E-state index contributed by atoms with van der Waals surface area (Å²) in [6.45, 7) is 5.27. The molecule has 4 heteroatoms. The summed E-state index contributed by atoms with van der Waals surface area (Å²) in [6, 6.07) is 14.3. The van der Waals surface area contributed by atoms with Crippen LogP contribution in [-0.4, -0.2) is 41.1 Å². The van der Waals surface area contributed by atoms with E-state index < -0.39 is 0 Å². The highest BCUT2D eigenvalue weighted by atomic mass is 16.3. The number of likely N-dealkylation sites (tertiary alicyclic amines) is 1. The minimum Gasteiger partial charge on any atom is -0.392 e. The number of carbonyl (C=O) groups is 1. The third-order valence-corrected chi connectivity index (χ3v) is 4.75. The van der Waals surface area contributed by atoms with Crippen LogP contribution >= 0.6 is 0 Å². The first-order chi connectivity index (χ1) is 11.0. The topological polar surface area (TPSA) is 52.6 Å². The number of hydrogen-bond donors (Lipinski definition) is 2. The monoisotopic (exact) mass is 312 g/mol. The van der Waals surface area contributed by atoms with E-state index in [-0.39, 0.29) is 24.1 Å². The Labute approximate surface area is 137 Å². The molecular formula is C19H24N2O2. The molecule has 2 N–H and O–H groups in total. The number of nitrogens with zero attached hydrogens (tertiary/aromatic N) is 1. The van der Waals surface area contributed by atoms with Gasteiger partial charge in [0.1, 0.15) is 0 Å². The lowest BCUT2D eigenvalue weighted by molar-refractivity contribution is -0.126. The van der Waals surface area contributed by atoms with Gasteiger partial charge < -0.3 is 10.4 Å². The summed E-state index contributed by atoms with van der Waals surface area (Å²) in [6.07, 6.45) is 0.445. The lowest BCUT2D eigenvalue weighted by atomic mass is 10.0. The van der Waals surface area contributed by atoms with E-state index in [1.807, 2.05) is 30.9 Å². The van der Waals surface area contributed by atoms with Gasteiger partial charge in [0, 0.05) is 13.1 Å². The third kappa shape index (κ3) is 3.54. The average molecular weight is 312 g/mol. The normalized spacial score (nSPS) is 21.3. The van der Waals surface area contributed by atoms with Crippen LogP contribution < -0.4 is 5.32 Å². The molecule has 3 atom stereocenters. The number of aliphatic hydroxyl groups is 1. The Bertz CT molecular complexity index is 701. The maximum atomic E-state index is 12.4. The molecule has 0 radical (unpaired) electrons. The molecule has 0 saturated carbocycles. The number of nitrogens with one attached hydrogen (secondary N) is 1. The molecule has 4 nitrogen and oxygen atoms in total. The summed E-state index contributed by atoms with van der Waals surface area (Å²) in [5.41, 5.74) is 1.10. The fourth-order valence-electron chi connectivity index (χ4n) is 3.18. The Morgan fingerprint density at radius 2 is 1.96 bits per heavy atom. The van der Waals surface area contributed by atoms with Gasteiger partial charge in [-0.25, -0.2) is 0 Å². The maximum absolute atomic E-state index is 12.4. The number of aliphatic hydroxyl groups excluding tert-OH is 1. The van der Waals surface area contributed by atoms with Gasteiger partial charge in [-0.15, -0.1) is 0 Å². The maximum Gasteiger partial charge on any atom is 0.237 e. The largest absolute Gasteiger partial charge is 0.392 e. The minimum atomic E-state index is -0.303. The molecule has 1 saturated heterocycles. The van der Waals surface area contributed by atoms with E-state index in [1.165, 1.54) is 10.8 Å². The van der Waals surface area contributed by atoms with Crippen LogP contribution in [-0.2, 0) is 4.79 Å². The van der Waals surface area contributed by atoms with Crippen LogP contribution in [0.4, 0.5) is 0 Å². The second kappa shape index (κ2) is 6.69. The lowest BCUT2D eigenvalue weighted by Gasteiger charge is -2.25.